The average molecular weight is 367 g/mol. The third-order valence-corrected chi connectivity index (χ3v) is 3.92. The molecule has 6 heteroatoms. The fraction of sp³-hybridized carbons (Fsp3) is 0.0500. The molecule has 2 aromatic carbocycles. The fourth-order valence-electron chi connectivity index (χ4n) is 2.27. The van der Waals surface area contributed by atoms with Gasteiger partial charge in [-0.25, -0.2) is 5.43 Å². The van der Waals surface area contributed by atoms with E-state index < -0.39 is 0 Å². The highest BCUT2D eigenvalue weighted by Gasteiger charge is 2.06. The summed E-state index contributed by atoms with van der Waals surface area (Å²) in [6.07, 6.45) is 1.42. The molecule has 1 aromatic heterocycles. The van der Waals surface area contributed by atoms with Crippen molar-refractivity contribution in [2.45, 2.75) is 6.92 Å². The predicted molar refractivity (Wildman–Crippen MR) is 101 cm³/mol. The fourth-order valence-corrected chi connectivity index (χ4v) is 2.39. The van der Waals surface area contributed by atoms with Crippen LogP contribution in [0.2, 0.25) is 5.02 Å². The van der Waals surface area contributed by atoms with Gasteiger partial charge in [-0.15, -0.1) is 0 Å². The van der Waals surface area contributed by atoms with Gasteiger partial charge in [0.05, 0.1) is 6.21 Å². The van der Waals surface area contributed by atoms with Gasteiger partial charge in [-0.1, -0.05) is 35.9 Å². The summed E-state index contributed by atoms with van der Waals surface area (Å²) in [5, 5.41) is 4.45. The maximum atomic E-state index is 11.9. The number of halogens is 1. The molecule has 5 nitrogen and oxygen atoms in total. The summed E-state index contributed by atoms with van der Waals surface area (Å²) >= 11 is 5.79. The number of nitrogens with zero attached hydrogens (tertiary/aromatic N) is 1. The Balaban J connectivity index is 1.64. The first-order chi connectivity index (χ1) is 12.5. The normalized spacial score (nSPS) is 10.8. The second-order valence-corrected chi connectivity index (χ2v) is 5.98. The minimum atomic E-state index is -0.343. The van der Waals surface area contributed by atoms with Gasteiger partial charge in [-0.2, -0.15) is 5.10 Å². The Morgan fingerprint density at radius 3 is 2.27 bits per heavy atom. The molecular formula is C20H15ClN2O3. The van der Waals surface area contributed by atoms with Crippen LogP contribution in [0.1, 0.15) is 33.4 Å². The molecule has 0 saturated carbocycles. The maximum Gasteiger partial charge on any atom is 0.271 e. The van der Waals surface area contributed by atoms with E-state index in [1.54, 1.807) is 48.5 Å². The molecule has 0 bridgehead atoms. The number of carbonyl (C=O) groups is 2. The number of furan rings is 1. The molecule has 0 atom stereocenters. The van der Waals surface area contributed by atoms with Crippen LogP contribution < -0.4 is 5.43 Å². The number of hydrogen-bond donors (Lipinski definition) is 1. The molecule has 3 aromatic rings. The number of rotatable bonds is 5. The monoisotopic (exact) mass is 366 g/mol. The number of hydrazone groups is 1. The minimum Gasteiger partial charge on any atom is -0.455 e. The molecule has 130 valence electrons. The van der Waals surface area contributed by atoms with E-state index in [2.05, 4.69) is 10.5 Å². The lowest BCUT2D eigenvalue weighted by molar-refractivity contribution is 0.0954. The van der Waals surface area contributed by atoms with Gasteiger partial charge < -0.3 is 4.42 Å². The second kappa shape index (κ2) is 7.80. The third kappa shape index (κ3) is 4.26. The standard InChI is InChI=1S/C20H15ClN2O3/c1-13(24)14-2-4-15(5-3-14)19-11-10-18(26-19)12-22-23-20(25)16-6-8-17(21)9-7-16/h2-12H,1H3,(H,23,25)/b22-12-. The molecule has 0 fully saturated rings. The number of benzene rings is 2. The summed E-state index contributed by atoms with van der Waals surface area (Å²) in [6, 6.07) is 17.2. The number of hydrogen-bond acceptors (Lipinski definition) is 4. The van der Waals surface area contributed by atoms with Gasteiger partial charge >= 0.3 is 0 Å². The maximum absolute atomic E-state index is 11.9. The van der Waals surface area contributed by atoms with Crippen LogP contribution in [0.5, 0.6) is 0 Å². The molecule has 0 aliphatic carbocycles. The average Bonchev–Trinajstić information content (AvgIpc) is 3.11. The Labute approximate surface area is 155 Å². The summed E-state index contributed by atoms with van der Waals surface area (Å²) < 4.78 is 5.67. The minimum absolute atomic E-state index is 0.0141. The molecule has 0 spiro atoms. The molecule has 0 radical (unpaired) electrons. The van der Waals surface area contributed by atoms with Crippen LogP contribution in [0.15, 0.2) is 70.2 Å². The third-order valence-electron chi connectivity index (χ3n) is 3.67. The smallest absolute Gasteiger partial charge is 0.271 e. The van der Waals surface area contributed by atoms with Crippen molar-refractivity contribution in [3.8, 4) is 11.3 Å². The van der Waals surface area contributed by atoms with Crippen LogP contribution >= 0.6 is 11.6 Å². The molecule has 0 aliphatic heterocycles. The molecule has 1 heterocycles. The zero-order valence-electron chi connectivity index (χ0n) is 13.9. The molecule has 26 heavy (non-hydrogen) atoms. The summed E-state index contributed by atoms with van der Waals surface area (Å²) in [4.78, 5) is 23.2. The molecule has 3 rings (SSSR count). The van der Waals surface area contributed by atoms with E-state index in [1.807, 2.05) is 12.1 Å². The highest BCUT2D eigenvalue weighted by molar-refractivity contribution is 6.30. The molecular weight excluding hydrogens is 352 g/mol. The highest BCUT2D eigenvalue weighted by Crippen LogP contribution is 2.22. The van der Waals surface area contributed by atoms with E-state index in [-0.39, 0.29) is 11.7 Å². The lowest BCUT2D eigenvalue weighted by Gasteiger charge is -1.99. The first-order valence-corrected chi connectivity index (χ1v) is 8.21. The molecule has 1 amide bonds. The molecule has 0 saturated heterocycles. The van der Waals surface area contributed by atoms with E-state index in [9.17, 15) is 9.59 Å². The van der Waals surface area contributed by atoms with Gasteiger partial charge in [0.2, 0.25) is 0 Å². The van der Waals surface area contributed by atoms with Crippen LogP contribution in [0.3, 0.4) is 0 Å². The largest absolute Gasteiger partial charge is 0.455 e. The van der Waals surface area contributed by atoms with Crippen LogP contribution in [0.25, 0.3) is 11.3 Å². The number of Topliss-reactive ketones (excluding diaryl/α,β-unsaturated/α-hetero) is 1. The Bertz CT molecular complexity index is 957. The van der Waals surface area contributed by atoms with Crippen molar-refractivity contribution in [1.82, 2.24) is 5.43 Å². The predicted octanol–water partition coefficient (Wildman–Crippen LogP) is 4.57. The first kappa shape index (κ1) is 17.6. The Morgan fingerprint density at radius 2 is 1.62 bits per heavy atom. The summed E-state index contributed by atoms with van der Waals surface area (Å²) in [5.41, 5.74) is 4.37. The number of ketones is 1. The van der Waals surface area contributed by atoms with Crippen LogP contribution in [0, 0.1) is 0 Å². The summed E-state index contributed by atoms with van der Waals surface area (Å²) in [6.45, 7) is 1.52. The topological polar surface area (TPSA) is 71.7 Å². The van der Waals surface area contributed by atoms with Crippen molar-refractivity contribution in [3.63, 3.8) is 0 Å². The van der Waals surface area contributed by atoms with Crippen molar-refractivity contribution in [3.05, 3.63) is 82.6 Å². The van der Waals surface area contributed by atoms with Gasteiger partial charge in [-0.05, 0) is 43.3 Å². The molecule has 0 aliphatic rings. The van der Waals surface area contributed by atoms with Crippen LogP contribution in [-0.2, 0) is 0 Å². The van der Waals surface area contributed by atoms with Crippen LogP contribution in [-0.4, -0.2) is 17.9 Å². The van der Waals surface area contributed by atoms with Gasteiger partial charge in [-0.3, -0.25) is 9.59 Å². The second-order valence-electron chi connectivity index (χ2n) is 5.54. The Kier molecular flexibility index (Phi) is 5.29. The van der Waals surface area contributed by atoms with Gasteiger partial charge in [0, 0.05) is 21.7 Å². The van der Waals surface area contributed by atoms with Crippen molar-refractivity contribution in [2.24, 2.45) is 5.10 Å². The van der Waals surface area contributed by atoms with E-state index >= 15 is 0 Å². The van der Waals surface area contributed by atoms with Gasteiger partial charge in [0.1, 0.15) is 11.5 Å². The van der Waals surface area contributed by atoms with Crippen molar-refractivity contribution < 1.29 is 14.0 Å². The number of nitrogens with one attached hydrogen (secondary N) is 1. The number of carbonyl (C=O) groups excluding carboxylic acids is 2. The quantitative estimate of drug-likeness (QED) is 0.408. The lowest BCUT2D eigenvalue weighted by atomic mass is 10.1. The van der Waals surface area contributed by atoms with Gasteiger partial charge in [0.15, 0.2) is 5.78 Å². The zero-order valence-corrected chi connectivity index (χ0v) is 14.7. The zero-order chi connectivity index (χ0) is 18.5. The van der Waals surface area contributed by atoms with E-state index in [4.69, 9.17) is 16.0 Å². The SMILES string of the molecule is CC(=O)c1ccc(-c2ccc(/C=N\NC(=O)c3ccc(Cl)cc3)o2)cc1. The molecule has 1 N–H and O–H groups in total. The van der Waals surface area contributed by atoms with Crippen molar-refractivity contribution >= 4 is 29.5 Å². The van der Waals surface area contributed by atoms with Crippen molar-refractivity contribution in [2.75, 3.05) is 0 Å². The Hall–Kier alpha value is -3.18. The van der Waals surface area contributed by atoms with Crippen molar-refractivity contribution in [1.29, 1.82) is 0 Å². The van der Waals surface area contributed by atoms with E-state index in [0.717, 1.165) is 5.56 Å². The summed E-state index contributed by atoms with van der Waals surface area (Å²) in [7, 11) is 0. The van der Waals surface area contributed by atoms with E-state index in [0.29, 0.717) is 27.7 Å². The highest BCUT2D eigenvalue weighted by atomic mass is 35.5. The Morgan fingerprint density at radius 1 is 0.962 bits per heavy atom. The van der Waals surface area contributed by atoms with E-state index in [1.165, 1.54) is 13.1 Å². The summed E-state index contributed by atoms with van der Waals surface area (Å²) in [5.74, 6) is 0.808. The number of amides is 1. The first-order valence-electron chi connectivity index (χ1n) is 7.83. The van der Waals surface area contributed by atoms with Crippen LogP contribution in [0.4, 0.5) is 0 Å². The van der Waals surface area contributed by atoms with Gasteiger partial charge in [0.25, 0.3) is 5.91 Å². The molecule has 0 unspecified atom stereocenters. The lowest BCUT2D eigenvalue weighted by Crippen LogP contribution is -2.17.